The molecule has 1 aliphatic rings. The number of hydrogen-bond acceptors (Lipinski definition) is 7. The molecule has 38 heavy (non-hydrogen) atoms. The van der Waals surface area contributed by atoms with Crippen molar-refractivity contribution in [1.82, 2.24) is 4.98 Å². The number of pyridine rings is 1. The van der Waals surface area contributed by atoms with Gasteiger partial charge in [0.05, 0.1) is 23.3 Å². The van der Waals surface area contributed by atoms with Crippen molar-refractivity contribution in [2.45, 2.75) is 64.4 Å². The van der Waals surface area contributed by atoms with Crippen LogP contribution in [0.2, 0.25) is 0 Å². The fourth-order valence-corrected chi connectivity index (χ4v) is 4.80. The summed E-state index contributed by atoms with van der Waals surface area (Å²) in [5, 5.41) is 11.3. The van der Waals surface area contributed by atoms with Crippen LogP contribution in [0.25, 0.3) is 5.70 Å². The first-order valence-corrected chi connectivity index (χ1v) is 14.2. The number of hydrogen-bond donors (Lipinski definition) is 2. The van der Waals surface area contributed by atoms with Crippen LogP contribution >= 0.6 is 0 Å². The molecule has 0 bridgehead atoms. The average molecular weight is 546 g/mol. The molecule has 2 aromatic rings. The van der Waals surface area contributed by atoms with Gasteiger partial charge in [0.25, 0.3) is 0 Å². The summed E-state index contributed by atoms with van der Waals surface area (Å²) in [6, 6.07) is 7.92. The summed E-state index contributed by atoms with van der Waals surface area (Å²) < 4.78 is 48.8. The highest BCUT2D eigenvalue weighted by Gasteiger charge is 2.38. The molecule has 1 aromatic heterocycles. The lowest BCUT2D eigenvalue weighted by molar-refractivity contribution is 0.277. The molecular formula is C29H40FN3O4S. The number of rotatable bonds is 10. The maximum absolute atomic E-state index is 14.6. The van der Waals surface area contributed by atoms with Crippen molar-refractivity contribution in [1.29, 1.82) is 5.41 Å². The van der Waals surface area contributed by atoms with Crippen molar-refractivity contribution in [3.05, 3.63) is 59.2 Å². The molecule has 2 N–H and O–H groups in total. The molecule has 208 valence electrons. The molecule has 7 nitrogen and oxygen atoms in total. The minimum atomic E-state index is -3.81. The van der Waals surface area contributed by atoms with Crippen LogP contribution < -0.4 is 10.1 Å². The number of nitrogens with one attached hydrogen (secondary N) is 2. The molecule has 0 spiro atoms. The third-order valence-electron chi connectivity index (χ3n) is 5.69. The Morgan fingerprint density at radius 2 is 1.84 bits per heavy atom. The van der Waals surface area contributed by atoms with Crippen LogP contribution in [0.4, 0.5) is 10.1 Å². The van der Waals surface area contributed by atoms with E-state index in [1.54, 1.807) is 39.5 Å². The van der Waals surface area contributed by atoms with E-state index in [0.29, 0.717) is 23.6 Å². The van der Waals surface area contributed by atoms with E-state index < -0.39 is 26.2 Å². The fourth-order valence-electron chi connectivity index (χ4n) is 3.29. The van der Waals surface area contributed by atoms with Crippen LogP contribution in [0.15, 0.2) is 42.1 Å². The second-order valence-electron chi connectivity index (χ2n) is 8.79. The van der Waals surface area contributed by atoms with Crippen LogP contribution in [0, 0.1) is 23.6 Å². The number of ether oxygens (including phenoxy) is 2. The molecule has 0 atom stereocenters. The number of benzene rings is 1. The first-order chi connectivity index (χ1) is 18.0. The molecule has 0 aliphatic heterocycles. The van der Waals surface area contributed by atoms with Crippen LogP contribution in [0.1, 0.15) is 65.1 Å². The first-order valence-electron chi connectivity index (χ1n) is 12.5. The lowest BCUT2D eigenvalue weighted by Crippen LogP contribution is -2.40. The third kappa shape index (κ3) is 8.96. The Morgan fingerprint density at radius 1 is 1.21 bits per heavy atom. The van der Waals surface area contributed by atoms with Gasteiger partial charge >= 0.3 is 0 Å². The molecule has 0 unspecified atom stereocenters. The van der Waals surface area contributed by atoms with Gasteiger partial charge in [0, 0.05) is 31.2 Å². The van der Waals surface area contributed by atoms with Gasteiger partial charge in [-0.25, -0.2) is 12.8 Å². The van der Waals surface area contributed by atoms with E-state index in [9.17, 15) is 12.8 Å². The highest BCUT2D eigenvalue weighted by molar-refractivity contribution is 7.92. The zero-order chi connectivity index (χ0) is 28.9. The summed E-state index contributed by atoms with van der Waals surface area (Å²) in [6.07, 6.45) is 8.96. The Labute approximate surface area is 227 Å². The Kier molecular flexibility index (Phi) is 13.2. The molecule has 1 saturated carbocycles. The summed E-state index contributed by atoms with van der Waals surface area (Å²) in [5.74, 6) is 1.87. The first kappa shape index (κ1) is 32.8. The topological polar surface area (TPSA) is 101 Å². The molecular weight excluding hydrogens is 505 g/mol. The summed E-state index contributed by atoms with van der Waals surface area (Å²) in [7, 11) is -0.555. The molecule has 1 aromatic carbocycles. The van der Waals surface area contributed by atoms with Crippen molar-refractivity contribution in [2.75, 3.05) is 26.1 Å². The van der Waals surface area contributed by atoms with E-state index in [1.807, 2.05) is 19.9 Å². The van der Waals surface area contributed by atoms with E-state index in [4.69, 9.17) is 16.6 Å². The SMILES string of the molecule is C#CCOc1ccc(C(Nc2ccc(F)c(CS(=O)(=O)C(C)(C)C(=N)CC)c2)=C2CC2)nc1.CC.COC. The van der Waals surface area contributed by atoms with Crippen molar-refractivity contribution >= 4 is 26.9 Å². The minimum Gasteiger partial charge on any atom is -0.479 e. The zero-order valence-corrected chi connectivity index (χ0v) is 24.3. The van der Waals surface area contributed by atoms with Gasteiger partial charge in [0.1, 0.15) is 22.9 Å². The Balaban J connectivity index is 0.00000135. The Bertz CT molecular complexity index is 1240. The molecule has 0 saturated heterocycles. The molecule has 3 rings (SSSR count). The maximum atomic E-state index is 14.6. The standard InChI is InChI=1S/C25H28FN3O3S.C2H6O.C2H6/c1-5-13-32-20-10-12-22(28-15-20)24(17-7-8-17)29-19-9-11-21(26)18(14-19)16-33(30,31)25(3,4)23(27)6-2;1-3-2;1-2/h1,9-12,14-15,27,29H,6-8,13,16H2,2-4H3;1-2H3;1-2H3. The highest BCUT2D eigenvalue weighted by Crippen LogP contribution is 2.37. The summed E-state index contributed by atoms with van der Waals surface area (Å²) in [4.78, 5) is 4.44. The lowest BCUT2D eigenvalue weighted by atomic mass is 10.1. The maximum Gasteiger partial charge on any atom is 0.165 e. The van der Waals surface area contributed by atoms with Gasteiger partial charge in [-0.2, -0.15) is 0 Å². The third-order valence-corrected chi connectivity index (χ3v) is 8.18. The number of aromatic nitrogens is 1. The predicted octanol–water partition coefficient (Wildman–Crippen LogP) is 6.26. The number of anilines is 1. The Hall–Kier alpha value is -3.22. The lowest BCUT2D eigenvalue weighted by Gasteiger charge is -2.25. The van der Waals surface area contributed by atoms with Crippen LogP contribution in [0.5, 0.6) is 5.75 Å². The van der Waals surface area contributed by atoms with E-state index in [0.717, 1.165) is 18.5 Å². The van der Waals surface area contributed by atoms with Gasteiger partial charge in [0.15, 0.2) is 9.84 Å². The fraction of sp³-hybridized carbons (Fsp3) is 0.448. The summed E-state index contributed by atoms with van der Waals surface area (Å²) in [6.45, 7) is 8.88. The van der Waals surface area contributed by atoms with E-state index >= 15 is 0 Å². The number of allylic oxidation sites excluding steroid dienone is 1. The highest BCUT2D eigenvalue weighted by atomic mass is 32.2. The quantitative estimate of drug-likeness (QED) is 0.270. The van der Waals surface area contributed by atoms with E-state index in [2.05, 4.69) is 21.0 Å². The van der Waals surface area contributed by atoms with E-state index in [-0.39, 0.29) is 17.9 Å². The van der Waals surface area contributed by atoms with Gasteiger partial charge in [-0.15, -0.1) is 6.42 Å². The minimum absolute atomic E-state index is 0.0584. The van der Waals surface area contributed by atoms with Crippen molar-refractivity contribution in [3.8, 4) is 18.1 Å². The molecule has 1 aliphatic carbocycles. The van der Waals surface area contributed by atoms with E-state index in [1.165, 1.54) is 31.6 Å². The number of methoxy groups -OCH3 is 1. The molecule has 1 heterocycles. The zero-order valence-electron chi connectivity index (χ0n) is 23.4. The number of halogens is 1. The van der Waals surface area contributed by atoms with Gasteiger partial charge in [-0.05, 0) is 69.0 Å². The molecule has 0 radical (unpaired) electrons. The number of terminal acetylenes is 1. The molecule has 9 heteroatoms. The second-order valence-corrected chi connectivity index (χ2v) is 11.3. The Morgan fingerprint density at radius 3 is 2.34 bits per heavy atom. The summed E-state index contributed by atoms with van der Waals surface area (Å²) >= 11 is 0. The average Bonchev–Trinajstić information content (AvgIpc) is 3.74. The molecule has 1 fully saturated rings. The smallest absolute Gasteiger partial charge is 0.165 e. The normalized spacial score (nSPS) is 12.1. The largest absolute Gasteiger partial charge is 0.479 e. The van der Waals surface area contributed by atoms with Crippen molar-refractivity contribution in [2.24, 2.45) is 0 Å². The van der Waals surface area contributed by atoms with Gasteiger partial charge < -0.3 is 20.2 Å². The summed E-state index contributed by atoms with van der Waals surface area (Å²) in [5.41, 5.74) is 3.41. The van der Waals surface area contributed by atoms with Gasteiger partial charge in [-0.3, -0.25) is 4.98 Å². The molecule has 0 amide bonds. The number of sulfone groups is 1. The second kappa shape index (κ2) is 15.3. The van der Waals surface area contributed by atoms with Crippen LogP contribution in [-0.2, 0) is 20.3 Å². The van der Waals surface area contributed by atoms with Crippen LogP contribution in [0.3, 0.4) is 0 Å². The van der Waals surface area contributed by atoms with Crippen LogP contribution in [-0.4, -0.2) is 44.7 Å². The predicted molar refractivity (Wildman–Crippen MR) is 154 cm³/mol. The van der Waals surface area contributed by atoms with Gasteiger partial charge in [0.2, 0.25) is 0 Å². The van der Waals surface area contributed by atoms with Gasteiger partial charge in [-0.1, -0.05) is 26.7 Å². The number of nitrogens with zero attached hydrogens (tertiary/aromatic N) is 1. The monoisotopic (exact) mass is 545 g/mol. The van der Waals surface area contributed by atoms with Crippen molar-refractivity contribution < 1.29 is 22.3 Å². The van der Waals surface area contributed by atoms with Crippen molar-refractivity contribution in [3.63, 3.8) is 0 Å².